The first-order valence-corrected chi connectivity index (χ1v) is 11.0. The van der Waals surface area contributed by atoms with Crippen LogP contribution in [0.2, 0.25) is 0 Å². The Kier molecular flexibility index (Phi) is 6.46. The largest absolute Gasteiger partial charge is 0.506 e. The lowest BCUT2D eigenvalue weighted by Crippen LogP contribution is -2.13. The summed E-state index contributed by atoms with van der Waals surface area (Å²) < 4.78 is 30.4. The molecular weight excluding hydrogens is 460 g/mol. The minimum absolute atomic E-state index is 0.0862. The Bertz CT molecular complexity index is 1310. The third kappa shape index (κ3) is 5.22. The van der Waals surface area contributed by atoms with Crippen molar-refractivity contribution in [2.24, 2.45) is 0 Å². The second-order valence-electron chi connectivity index (χ2n) is 6.36. The summed E-state index contributed by atoms with van der Waals surface area (Å²) in [5, 5.41) is 37.7. The van der Waals surface area contributed by atoms with Gasteiger partial charge in [-0.25, -0.2) is 18.0 Å². The number of phenols is 2. The van der Waals surface area contributed by atoms with Crippen molar-refractivity contribution in [2.45, 2.75) is 9.79 Å². The van der Waals surface area contributed by atoms with Crippen LogP contribution in [0.3, 0.4) is 0 Å². The van der Waals surface area contributed by atoms with Gasteiger partial charge in [-0.05, 0) is 66.5 Å². The third-order valence-electron chi connectivity index (χ3n) is 4.13. The molecule has 3 aromatic rings. The first-order valence-electron chi connectivity index (χ1n) is 8.75. The molecule has 3 aromatic carbocycles. The maximum Gasteiger partial charge on any atom is 0.335 e. The number of nitrogens with one attached hydrogen (secondary N) is 2. The maximum absolute atomic E-state index is 12.7. The lowest BCUT2D eigenvalue weighted by Gasteiger charge is -2.12. The van der Waals surface area contributed by atoms with Crippen molar-refractivity contribution in [3.8, 4) is 11.5 Å². The summed E-state index contributed by atoms with van der Waals surface area (Å²) >= 11 is 0.983. The van der Waals surface area contributed by atoms with Gasteiger partial charge in [0.2, 0.25) is 0 Å². The SMILES string of the molecule is O=C(O)c1ccc(NSc2cccc(S(=O)(=O)Nc3ccc(C(=O)O)cc3O)c2)c(O)c1. The van der Waals surface area contributed by atoms with Gasteiger partial charge >= 0.3 is 11.9 Å². The highest BCUT2D eigenvalue weighted by Crippen LogP contribution is 2.31. The fraction of sp³-hybridized carbons (Fsp3) is 0. The molecule has 0 radical (unpaired) electrons. The molecule has 10 nitrogen and oxygen atoms in total. The molecule has 0 unspecified atom stereocenters. The van der Waals surface area contributed by atoms with Crippen molar-refractivity contribution < 1.29 is 38.4 Å². The van der Waals surface area contributed by atoms with E-state index >= 15 is 0 Å². The number of anilines is 2. The summed E-state index contributed by atoms with van der Waals surface area (Å²) in [4.78, 5) is 22.2. The van der Waals surface area contributed by atoms with Gasteiger partial charge in [0.1, 0.15) is 11.5 Å². The molecule has 6 N–H and O–H groups in total. The van der Waals surface area contributed by atoms with Gasteiger partial charge in [0.05, 0.1) is 27.4 Å². The lowest BCUT2D eigenvalue weighted by molar-refractivity contribution is 0.0686. The molecule has 0 aliphatic rings. The van der Waals surface area contributed by atoms with Gasteiger partial charge in [0.25, 0.3) is 10.0 Å². The van der Waals surface area contributed by atoms with Crippen LogP contribution in [-0.4, -0.2) is 40.8 Å². The molecular formula is C20H16N2O8S2. The van der Waals surface area contributed by atoms with Gasteiger partial charge in [0, 0.05) is 4.90 Å². The number of hydrogen-bond acceptors (Lipinski definition) is 8. The van der Waals surface area contributed by atoms with Gasteiger partial charge < -0.3 is 25.1 Å². The highest BCUT2D eigenvalue weighted by molar-refractivity contribution is 8.00. The Morgan fingerprint density at radius 1 is 0.781 bits per heavy atom. The molecule has 0 saturated heterocycles. The summed E-state index contributed by atoms with van der Waals surface area (Å²) in [6, 6.07) is 12.7. The van der Waals surface area contributed by atoms with Gasteiger partial charge in [-0.15, -0.1) is 0 Å². The topological polar surface area (TPSA) is 173 Å². The van der Waals surface area contributed by atoms with Crippen molar-refractivity contribution in [3.05, 3.63) is 71.8 Å². The third-order valence-corrected chi connectivity index (χ3v) is 6.30. The van der Waals surface area contributed by atoms with Gasteiger partial charge in [-0.2, -0.15) is 0 Å². The van der Waals surface area contributed by atoms with Gasteiger partial charge in [-0.3, -0.25) is 4.72 Å². The standard InChI is InChI=1S/C20H16N2O8S2/c23-17-8-11(19(25)26)4-6-15(17)21-31-13-2-1-3-14(10-13)32(29,30)22-16-7-5-12(20(27)28)9-18(16)24/h1-10,21-24H,(H,25,26)(H,27,28). The van der Waals surface area contributed by atoms with Gasteiger partial charge in [0.15, 0.2) is 0 Å². The number of carboxylic acids is 2. The van der Waals surface area contributed by atoms with E-state index in [9.17, 15) is 28.2 Å². The van der Waals surface area contributed by atoms with E-state index < -0.39 is 27.7 Å². The fourth-order valence-electron chi connectivity index (χ4n) is 2.52. The summed E-state index contributed by atoms with van der Waals surface area (Å²) in [5.74, 6) is -3.28. The normalized spacial score (nSPS) is 11.0. The van der Waals surface area contributed by atoms with E-state index in [1.165, 1.54) is 30.3 Å². The van der Waals surface area contributed by atoms with Crippen LogP contribution in [0.15, 0.2) is 70.5 Å². The average molecular weight is 476 g/mol. The number of carboxylic acid groups (broad SMARTS) is 2. The van der Waals surface area contributed by atoms with E-state index in [-0.39, 0.29) is 33.1 Å². The molecule has 0 heterocycles. The Balaban J connectivity index is 1.76. The summed E-state index contributed by atoms with van der Waals surface area (Å²) in [5.41, 5.74) is -0.240. The predicted molar refractivity (Wildman–Crippen MR) is 117 cm³/mol. The zero-order valence-corrected chi connectivity index (χ0v) is 17.6. The number of sulfonamides is 1. The Morgan fingerprint density at radius 2 is 1.34 bits per heavy atom. The van der Waals surface area contributed by atoms with Crippen molar-refractivity contribution in [3.63, 3.8) is 0 Å². The van der Waals surface area contributed by atoms with Crippen LogP contribution in [0.1, 0.15) is 20.7 Å². The van der Waals surface area contributed by atoms with Crippen molar-refractivity contribution in [2.75, 3.05) is 9.44 Å². The van der Waals surface area contributed by atoms with Crippen LogP contribution in [0.25, 0.3) is 0 Å². The van der Waals surface area contributed by atoms with E-state index in [2.05, 4.69) is 9.44 Å². The second kappa shape index (κ2) is 9.08. The highest BCUT2D eigenvalue weighted by atomic mass is 32.2. The minimum Gasteiger partial charge on any atom is -0.506 e. The minimum atomic E-state index is -4.11. The molecule has 0 aromatic heterocycles. The number of rotatable bonds is 8. The molecule has 166 valence electrons. The molecule has 0 fully saturated rings. The van der Waals surface area contributed by atoms with E-state index in [4.69, 9.17) is 10.2 Å². The molecule has 0 amide bonds. The quantitative estimate of drug-likeness (QED) is 0.209. The fourth-order valence-corrected chi connectivity index (χ4v) is 4.45. The summed E-state index contributed by atoms with van der Waals surface area (Å²) in [7, 11) is -4.11. The number of aromatic carboxylic acids is 2. The maximum atomic E-state index is 12.7. The number of hydrogen-bond donors (Lipinski definition) is 6. The molecule has 0 aliphatic heterocycles. The number of aromatic hydroxyl groups is 2. The molecule has 12 heteroatoms. The Labute approximate surface area is 186 Å². The number of carbonyl (C=O) groups is 2. The molecule has 0 atom stereocenters. The van der Waals surface area contributed by atoms with Crippen LogP contribution >= 0.6 is 11.9 Å². The van der Waals surface area contributed by atoms with Crippen LogP contribution in [0.4, 0.5) is 11.4 Å². The van der Waals surface area contributed by atoms with E-state index in [0.29, 0.717) is 4.90 Å². The predicted octanol–water partition coefficient (Wildman–Crippen LogP) is 3.41. The molecule has 0 aliphatic carbocycles. The van der Waals surface area contributed by atoms with Crippen LogP contribution in [0.5, 0.6) is 11.5 Å². The van der Waals surface area contributed by atoms with Crippen LogP contribution < -0.4 is 9.44 Å². The zero-order valence-electron chi connectivity index (χ0n) is 16.0. The van der Waals surface area contributed by atoms with E-state index in [1.807, 2.05) is 0 Å². The Morgan fingerprint density at radius 3 is 1.88 bits per heavy atom. The molecule has 3 rings (SSSR count). The van der Waals surface area contributed by atoms with Crippen LogP contribution in [0, 0.1) is 0 Å². The first-order chi connectivity index (χ1) is 15.1. The summed E-state index contributed by atoms with van der Waals surface area (Å²) in [6.45, 7) is 0. The summed E-state index contributed by atoms with van der Waals surface area (Å²) in [6.07, 6.45) is 0. The van der Waals surface area contributed by atoms with Crippen molar-refractivity contribution in [1.29, 1.82) is 0 Å². The average Bonchev–Trinajstić information content (AvgIpc) is 2.74. The zero-order chi connectivity index (χ0) is 23.5. The van der Waals surface area contributed by atoms with Crippen molar-refractivity contribution in [1.82, 2.24) is 0 Å². The molecule has 32 heavy (non-hydrogen) atoms. The lowest BCUT2D eigenvalue weighted by atomic mass is 10.2. The molecule has 0 bridgehead atoms. The second-order valence-corrected chi connectivity index (χ2v) is 8.92. The molecule has 0 saturated carbocycles. The highest BCUT2D eigenvalue weighted by Gasteiger charge is 2.18. The van der Waals surface area contributed by atoms with Gasteiger partial charge in [-0.1, -0.05) is 6.07 Å². The Hall–Kier alpha value is -3.90. The van der Waals surface area contributed by atoms with Crippen molar-refractivity contribution >= 4 is 45.3 Å². The van der Waals surface area contributed by atoms with Crippen LogP contribution in [-0.2, 0) is 10.0 Å². The number of benzene rings is 3. The smallest absolute Gasteiger partial charge is 0.335 e. The molecule has 0 spiro atoms. The monoisotopic (exact) mass is 476 g/mol. The number of phenolic OH excluding ortho intramolecular Hbond substituents is 2. The van der Waals surface area contributed by atoms with E-state index in [0.717, 1.165) is 36.2 Å². The van der Waals surface area contributed by atoms with E-state index in [1.54, 1.807) is 6.07 Å². The first kappa shape index (κ1) is 22.8.